The first-order chi connectivity index (χ1) is 9.81. The van der Waals surface area contributed by atoms with Crippen LogP contribution in [0.3, 0.4) is 0 Å². The van der Waals surface area contributed by atoms with E-state index in [1.807, 2.05) is 50.2 Å². The zero-order chi connectivity index (χ0) is 14.4. The van der Waals surface area contributed by atoms with Crippen molar-refractivity contribution >= 4 is 6.29 Å². The highest BCUT2D eigenvalue weighted by molar-refractivity contribution is 5.86. The average molecular weight is 270 g/mol. The predicted octanol–water partition coefficient (Wildman–Crippen LogP) is 3.96. The quantitative estimate of drug-likeness (QED) is 0.745. The Hall–Kier alpha value is -2.29. The molecule has 2 aromatic carbocycles. The topological polar surface area (TPSA) is 35.5 Å². The van der Waals surface area contributed by atoms with Gasteiger partial charge >= 0.3 is 0 Å². The molecule has 0 aliphatic rings. The Balaban J connectivity index is 2.62. The maximum absolute atomic E-state index is 11.2. The highest BCUT2D eigenvalue weighted by atomic mass is 16.5. The summed E-state index contributed by atoms with van der Waals surface area (Å²) < 4.78 is 11.4. The Bertz CT molecular complexity index is 576. The van der Waals surface area contributed by atoms with Crippen LogP contribution in [0.25, 0.3) is 11.1 Å². The molecule has 0 spiro atoms. The van der Waals surface area contributed by atoms with E-state index in [1.54, 1.807) is 6.07 Å². The van der Waals surface area contributed by atoms with E-state index in [0.717, 1.165) is 17.4 Å². The third-order valence-corrected chi connectivity index (χ3v) is 2.93. The molecule has 20 heavy (non-hydrogen) atoms. The summed E-state index contributed by atoms with van der Waals surface area (Å²) >= 11 is 0. The Labute approximate surface area is 119 Å². The van der Waals surface area contributed by atoms with Crippen molar-refractivity contribution in [1.29, 1.82) is 0 Å². The van der Waals surface area contributed by atoms with Crippen LogP contribution < -0.4 is 9.47 Å². The fraction of sp³-hybridized carbons (Fsp3) is 0.235. The van der Waals surface area contributed by atoms with Crippen LogP contribution in [0.5, 0.6) is 11.5 Å². The second-order valence-corrected chi connectivity index (χ2v) is 4.21. The van der Waals surface area contributed by atoms with Gasteiger partial charge in [0.05, 0.1) is 18.8 Å². The van der Waals surface area contributed by atoms with Gasteiger partial charge in [0, 0.05) is 5.56 Å². The van der Waals surface area contributed by atoms with Gasteiger partial charge in [0.1, 0.15) is 0 Å². The van der Waals surface area contributed by atoms with Crippen LogP contribution >= 0.6 is 0 Å². The zero-order valence-electron chi connectivity index (χ0n) is 11.8. The number of benzene rings is 2. The van der Waals surface area contributed by atoms with Crippen LogP contribution in [0.1, 0.15) is 24.2 Å². The van der Waals surface area contributed by atoms with E-state index in [-0.39, 0.29) is 0 Å². The summed E-state index contributed by atoms with van der Waals surface area (Å²) in [5, 5.41) is 0. The molecule has 0 bridgehead atoms. The van der Waals surface area contributed by atoms with Gasteiger partial charge < -0.3 is 9.47 Å². The summed E-state index contributed by atoms with van der Waals surface area (Å²) in [6, 6.07) is 13.6. The Morgan fingerprint density at radius 2 is 1.55 bits per heavy atom. The molecule has 3 heteroatoms. The van der Waals surface area contributed by atoms with Crippen LogP contribution in [0.2, 0.25) is 0 Å². The number of rotatable bonds is 6. The fourth-order valence-electron chi connectivity index (χ4n) is 2.10. The molecule has 3 nitrogen and oxygen atoms in total. The van der Waals surface area contributed by atoms with Crippen molar-refractivity contribution in [2.24, 2.45) is 0 Å². The van der Waals surface area contributed by atoms with E-state index in [0.29, 0.717) is 30.3 Å². The minimum Gasteiger partial charge on any atom is -0.489 e. The number of hydrogen-bond donors (Lipinski definition) is 0. The van der Waals surface area contributed by atoms with Crippen molar-refractivity contribution in [3.8, 4) is 22.6 Å². The molecule has 0 unspecified atom stereocenters. The summed E-state index contributed by atoms with van der Waals surface area (Å²) in [7, 11) is 0. The van der Waals surface area contributed by atoms with Gasteiger partial charge in [0.25, 0.3) is 0 Å². The molecule has 2 aromatic rings. The van der Waals surface area contributed by atoms with Crippen LogP contribution in [0.4, 0.5) is 0 Å². The first-order valence-corrected chi connectivity index (χ1v) is 6.75. The van der Waals surface area contributed by atoms with Crippen molar-refractivity contribution < 1.29 is 14.3 Å². The standard InChI is InChI=1S/C17H18O3/c1-3-19-16-14(12-18)10-11-15(17(16)20-4-2)13-8-6-5-7-9-13/h5-12H,3-4H2,1-2H3. The molecular weight excluding hydrogens is 252 g/mol. The molecule has 0 fully saturated rings. The number of aldehydes is 1. The second kappa shape index (κ2) is 6.75. The number of carbonyl (C=O) groups is 1. The molecule has 2 rings (SSSR count). The summed E-state index contributed by atoms with van der Waals surface area (Å²) in [4.78, 5) is 11.2. The van der Waals surface area contributed by atoms with Crippen molar-refractivity contribution in [3.63, 3.8) is 0 Å². The normalized spacial score (nSPS) is 10.1. The van der Waals surface area contributed by atoms with E-state index in [1.165, 1.54) is 0 Å². The molecule has 0 amide bonds. The van der Waals surface area contributed by atoms with E-state index >= 15 is 0 Å². The minimum absolute atomic E-state index is 0.485. The predicted molar refractivity (Wildman–Crippen MR) is 79.6 cm³/mol. The fourth-order valence-corrected chi connectivity index (χ4v) is 2.10. The smallest absolute Gasteiger partial charge is 0.172 e. The van der Waals surface area contributed by atoms with Gasteiger partial charge in [-0.3, -0.25) is 4.79 Å². The first kappa shape index (κ1) is 14.1. The molecular formula is C17H18O3. The first-order valence-electron chi connectivity index (χ1n) is 6.75. The lowest BCUT2D eigenvalue weighted by molar-refractivity contribution is 0.111. The van der Waals surface area contributed by atoms with Gasteiger partial charge in [0.15, 0.2) is 17.8 Å². The van der Waals surface area contributed by atoms with Gasteiger partial charge in [-0.15, -0.1) is 0 Å². The molecule has 0 aromatic heterocycles. The van der Waals surface area contributed by atoms with E-state index in [9.17, 15) is 4.79 Å². The third-order valence-electron chi connectivity index (χ3n) is 2.93. The summed E-state index contributed by atoms with van der Waals surface area (Å²) in [6.45, 7) is 4.80. The number of hydrogen-bond acceptors (Lipinski definition) is 3. The largest absolute Gasteiger partial charge is 0.489 e. The highest BCUT2D eigenvalue weighted by Gasteiger charge is 2.16. The van der Waals surface area contributed by atoms with Gasteiger partial charge in [-0.05, 0) is 31.5 Å². The highest BCUT2D eigenvalue weighted by Crippen LogP contribution is 2.40. The van der Waals surface area contributed by atoms with E-state index in [4.69, 9.17) is 9.47 Å². The second-order valence-electron chi connectivity index (χ2n) is 4.21. The zero-order valence-corrected chi connectivity index (χ0v) is 11.8. The summed E-state index contributed by atoms with van der Waals surface area (Å²) in [5.74, 6) is 1.15. The lowest BCUT2D eigenvalue weighted by Gasteiger charge is -2.17. The maximum atomic E-state index is 11.2. The Morgan fingerprint density at radius 1 is 0.900 bits per heavy atom. The lowest BCUT2D eigenvalue weighted by Crippen LogP contribution is -2.03. The van der Waals surface area contributed by atoms with Crippen molar-refractivity contribution in [2.75, 3.05) is 13.2 Å². The van der Waals surface area contributed by atoms with Gasteiger partial charge in [-0.1, -0.05) is 30.3 Å². The molecule has 104 valence electrons. The van der Waals surface area contributed by atoms with Gasteiger partial charge in [0.2, 0.25) is 0 Å². The van der Waals surface area contributed by atoms with Crippen LogP contribution in [0.15, 0.2) is 42.5 Å². The third kappa shape index (κ3) is 2.82. The number of carbonyl (C=O) groups excluding carboxylic acids is 1. The van der Waals surface area contributed by atoms with Gasteiger partial charge in [-0.25, -0.2) is 0 Å². The summed E-state index contributed by atoms with van der Waals surface area (Å²) in [6.07, 6.45) is 0.794. The molecule has 0 atom stereocenters. The molecule has 0 N–H and O–H groups in total. The van der Waals surface area contributed by atoms with E-state index < -0.39 is 0 Å². The Morgan fingerprint density at radius 3 is 2.15 bits per heavy atom. The average Bonchev–Trinajstić information content (AvgIpc) is 2.50. The monoisotopic (exact) mass is 270 g/mol. The molecule has 0 radical (unpaired) electrons. The lowest BCUT2D eigenvalue weighted by atomic mass is 10.0. The minimum atomic E-state index is 0.485. The number of ether oxygens (including phenoxy) is 2. The molecule has 0 aliphatic heterocycles. The van der Waals surface area contributed by atoms with E-state index in [2.05, 4.69) is 0 Å². The summed E-state index contributed by atoms with van der Waals surface area (Å²) in [5.41, 5.74) is 2.48. The van der Waals surface area contributed by atoms with Crippen LogP contribution in [0, 0.1) is 0 Å². The SMILES string of the molecule is CCOc1c(C=O)ccc(-c2ccccc2)c1OCC. The molecule has 0 heterocycles. The van der Waals surface area contributed by atoms with Crippen molar-refractivity contribution in [2.45, 2.75) is 13.8 Å². The Kier molecular flexibility index (Phi) is 4.77. The molecule has 0 aliphatic carbocycles. The molecule has 0 saturated heterocycles. The maximum Gasteiger partial charge on any atom is 0.172 e. The molecule has 0 saturated carbocycles. The van der Waals surface area contributed by atoms with Gasteiger partial charge in [-0.2, -0.15) is 0 Å². The van der Waals surface area contributed by atoms with Crippen molar-refractivity contribution in [3.05, 3.63) is 48.0 Å². The van der Waals surface area contributed by atoms with Crippen LogP contribution in [-0.2, 0) is 0 Å². The van der Waals surface area contributed by atoms with Crippen LogP contribution in [-0.4, -0.2) is 19.5 Å². The van der Waals surface area contributed by atoms with Crippen molar-refractivity contribution in [1.82, 2.24) is 0 Å².